The van der Waals surface area contributed by atoms with E-state index < -0.39 is 23.2 Å². The average molecular weight is 407 g/mol. The smallest absolute Gasteiger partial charge is 0.265 e. The van der Waals surface area contributed by atoms with Crippen LogP contribution in [0.1, 0.15) is 17.5 Å². The molecule has 0 radical (unpaired) electrons. The number of fused-ring (bicyclic) bond motifs is 4. The molecule has 3 atom stereocenters. The predicted octanol–water partition coefficient (Wildman–Crippen LogP) is 1.49. The molecule has 2 unspecified atom stereocenters. The molecule has 1 spiro atoms. The molecule has 1 fully saturated rings. The molecule has 2 N–H and O–H groups in total. The molecule has 3 aliphatic rings. The molecule has 30 heavy (non-hydrogen) atoms. The second-order valence-electron chi connectivity index (χ2n) is 7.64. The molecule has 4 heterocycles. The van der Waals surface area contributed by atoms with Crippen LogP contribution in [0.4, 0.5) is 4.39 Å². The van der Waals surface area contributed by atoms with Gasteiger partial charge < -0.3 is 15.2 Å². The van der Waals surface area contributed by atoms with Gasteiger partial charge in [0, 0.05) is 37.0 Å². The van der Waals surface area contributed by atoms with E-state index in [2.05, 4.69) is 9.98 Å². The van der Waals surface area contributed by atoms with E-state index in [4.69, 9.17) is 20.5 Å². The van der Waals surface area contributed by atoms with Crippen LogP contribution in [0, 0.1) is 11.3 Å². The number of carbonyl (C=O) groups excluding carboxylic acids is 1. The Bertz CT molecular complexity index is 1150. The number of ether oxygens (including phenoxy) is 2. The van der Waals surface area contributed by atoms with E-state index in [1.54, 1.807) is 30.5 Å². The fourth-order valence-electron chi connectivity index (χ4n) is 4.44. The van der Waals surface area contributed by atoms with Gasteiger partial charge in [0.05, 0.1) is 18.8 Å². The van der Waals surface area contributed by atoms with Crippen molar-refractivity contribution in [2.75, 3.05) is 20.3 Å². The summed E-state index contributed by atoms with van der Waals surface area (Å²) in [5.74, 6) is -0.250. The maximum Gasteiger partial charge on any atom is 0.265 e. The van der Waals surface area contributed by atoms with Crippen molar-refractivity contribution in [2.45, 2.75) is 23.7 Å². The number of aliphatic imine (C=N–C) groups is 1. The number of hydrogen-bond donors (Lipinski definition) is 1. The summed E-state index contributed by atoms with van der Waals surface area (Å²) >= 11 is 0. The van der Waals surface area contributed by atoms with Crippen LogP contribution in [0.5, 0.6) is 5.75 Å². The molecular weight excluding hydrogens is 389 g/mol. The lowest BCUT2D eigenvalue weighted by Crippen LogP contribution is -2.67. The Labute approximate surface area is 171 Å². The zero-order valence-corrected chi connectivity index (χ0v) is 16.1. The summed E-state index contributed by atoms with van der Waals surface area (Å²) in [6, 6.07) is 8.85. The van der Waals surface area contributed by atoms with Crippen molar-refractivity contribution in [3.63, 3.8) is 0 Å². The lowest BCUT2D eigenvalue weighted by molar-refractivity contribution is -0.170. The molecule has 152 valence electrons. The summed E-state index contributed by atoms with van der Waals surface area (Å²) in [4.78, 5) is 23.0. The minimum Gasteiger partial charge on any atom is -0.486 e. The third-order valence-corrected chi connectivity index (χ3v) is 6.03. The Hall–Kier alpha value is -3.51. The Morgan fingerprint density at radius 1 is 1.33 bits per heavy atom. The Morgan fingerprint density at radius 3 is 2.90 bits per heavy atom. The van der Waals surface area contributed by atoms with Crippen molar-refractivity contribution in [3.8, 4) is 22.9 Å². The fourth-order valence-corrected chi connectivity index (χ4v) is 4.44. The third kappa shape index (κ3) is 2.25. The highest BCUT2D eigenvalue weighted by Crippen LogP contribution is 2.55. The Kier molecular flexibility index (Phi) is 3.85. The number of alkyl halides is 1. The van der Waals surface area contributed by atoms with Crippen molar-refractivity contribution in [1.29, 1.82) is 5.26 Å². The molecule has 0 aliphatic carbocycles. The SMILES string of the molecule is CN1C(=O)[C@]2(N=C1N)c1cc(-c3cncc(C#N)c3)ccc1OC1CCOCC12F. The van der Waals surface area contributed by atoms with Gasteiger partial charge in [0.2, 0.25) is 11.2 Å². The minimum atomic E-state index is -2.21. The second-order valence-corrected chi connectivity index (χ2v) is 7.64. The van der Waals surface area contributed by atoms with Crippen molar-refractivity contribution in [3.05, 3.63) is 47.8 Å². The number of halogens is 1. The molecule has 1 saturated heterocycles. The summed E-state index contributed by atoms with van der Waals surface area (Å²) in [6.45, 7) is -0.00114. The number of amides is 1. The highest BCUT2D eigenvalue weighted by atomic mass is 19.1. The van der Waals surface area contributed by atoms with Crippen LogP contribution in [-0.4, -0.2) is 53.8 Å². The number of nitrogens with two attached hydrogens (primary N) is 1. The fraction of sp³-hybridized carbons (Fsp3) is 0.333. The van der Waals surface area contributed by atoms with Gasteiger partial charge in [-0.15, -0.1) is 0 Å². The summed E-state index contributed by atoms with van der Waals surface area (Å²) in [6.07, 6.45) is 2.45. The van der Waals surface area contributed by atoms with E-state index in [0.717, 1.165) is 4.90 Å². The maximum atomic E-state index is 16.6. The van der Waals surface area contributed by atoms with E-state index in [-0.39, 0.29) is 18.1 Å². The molecular formula is C21H18FN5O3. The quantitative estimate of drug-likeness (QED) is 0.766. The molecule has 9 heteroatoms. The second kappa shape index (κ2) is 6.24. The molecule has 5 rings (SSSR count). The first-order valence-electron chi connectivity index (χ1n) is 9.47. The number of carbonyl (C=O) groups is 1. The summed E-state index contributed by atoms with van der Waals surface area (Å²) < 4.78 is 28.0. The molecule has 3 aliphatic heterocycles. The first-order chi connectivity index (χ1) is 14.4. The van der Waals surface area contributed by atoms with Crippen LogP contribution in [0.2, 0.25) is 0 Å². The van der Waals surface area contributed by atoms with Crippen LogP contribution in [0.3, 0.4) is 0 Å². The van der Waals surface area contributed by atoms with Gasteiger partial charge in [0.1, 0.15) is 17.9 Å². The highest BCUT2D eigenvalue weighted by Gasteiger charge is 2.71. The van der Waals surface area contributed by atoms with Crippen molar-refractivity contribution in [1.82, 2.24) is 9.88 Å². The van der Waals surface area contributed by atoms with Gasteiger partial charge in [0.25, 0.3) is 5.91 Å². The first-order valence-corrected chi connectivity index (χ1v) is 9.47. The number of pyridine rings is 1. The standard InChI is InChI=1S/C21H18FN5O3/c1-27-18(28)21(26-19(27)24)15-7-13(14-6-12(8-23)9-25-10-14)2-3-16(15)30-17-4-5-29-11-20(17,21)22/h2-3,6-7,9-10,17H,4-5,11H2,1H3,(H2,24,26)/t17?,20?,21-/m1/s1. The highest BCUT2D eigenvalue weighted by molar-refractivity contribution is 6.08. The van der Waals surface area contributed by atoms with Gasteiger partial charge >= 0.3 is 0 Å². The normalized spacial score (nSPS) is 29.6. The predicted molar refractivity (Wildman–Crippen MR) is 104 cm³/mol. The number of likely N-dealkylation sites (N-methyl/N-ethyl adjacent to an activating group) is 1. The third-order valence-electron chi connectivity index (χ3n) is 6.03. The summed E-state index contributed by atoms with van der Waals surface area (Å²) in [5.41, 5.74) is 3.81. The van der Waals surface area contributed by atoms with Crippen molar-refractivity contribution < 1.29 is 18.7 Å². The van der Waals surface area contributed by atoms with E-state index in [1.165, 1.54) is 13.2 Å². The lowest BCUT2D eigenvalue weighted by atomic mass is 9.69. The Morgan fingerprint density at radius 2 is 2.17 bits per heavy atom. The van der Waals surface area contributed by atoms with Crippen LogP contribution in [0.25, 0.3) is 11.1 Å². The summed E-state index contributed by atoms with van der Waals surface area (Å²) in [5, 5.41) is 9.17. The van der Waals surface area contributed by atoms with Gasteiger partial charge in [0.15, 0.2) is 5.96 Å². The molecule has 1 aromatic carbocycles. The van der Waals surface area contributed by atoms with Gasteiger partial charge in [-0.1, -0.05) is 6.07 Å². The molecule has 2 aromatic rings. The van der Waals surface area contributed by atoms with Crippen molar-refractivity contribution >= 4 is 11.9 Å². The maximum absolute atomic E-state index is 16.6. The lowest BCUT2D eigenvalue weighted by Gasteiger charge is -2.49. The van der Waals surface area contributed by atoms with E-state index >= 15 is 4.39 Å². The topological polar surface area (TPSA) is 114 Å². The zero-order chi connectivity index (χ0) is 21.1. The van der Waals surface area contributed by atoms with Crippen molar-refractivity contribution in [2.24, 2.45) is 10.7 Å². The number of aromatic nitrogens is 1. The number of guanidine groups is 1. The Balaban J connectivity index is 1.76. The number of nitriles is 1. The molecule has 1 amide bonds. The van der Waals surface area contributed by atoms with E-state index in [0.29, 0.717) is 35.5 Å². The number of hydrogen-bond acceptors (Lipinski definition) is 7. The minimum absolute atomic E-state index is 0.0623. The number of nitrogens with zero attached hydrogens (tertiary/aromatic N) is 4. The number of benzene rings is 1. The molecule has 0 bridgehead atoms. The van der Waals surface area contributed by atoms with Gasteiger partial charge in [-0.2, -0.15) is 5.26 Å². The largest absolute Gasteiger partial charge is 0.486 e. The summed E-state index contributed by atoms with van der Waals surface area (Å²) in [7, 11) is 1.47. The van der Waals surface area contributed by atoms with Crippen LogP contribution >= 0.6 is 0 Å². The molecule has 8 nitrogen and oxygen atoms in total. The molecule has 1 aromatic heterocycles. The van der Waals surface area contributed by atoms with Crippen LogP contribution in [-0.2, 0) is 15.1 Å². The van der Waals surface area contributed by atoms with Crippen LogP contribution in [0.15, 0.2) is 41.7 Å². The number of rotatable bonds is 1. The first kappa shape index (κ1) is 18.5. The monoisotopic (exact) mass is 407 g/mol. The van der Waals surface area contributed by atoms with Gasteiger partial charge in [-0.25, -0.2) is 9.38 Å². The van der Waals surface area contributed by atoms with Crippen LogP contribution < -0.4 is 10.5 Å². The van der Waals surface area contributed by atoms with E-state index in [9.17, 15) is 4.79 Å². The zero-order valence-electron chi connectivity index (χ0n) is 16.1. The molecule has 0 saturated carbocycles. The average Bonchev–Trinajstić information content (AvgIpc) is 3.00. The van der Waals surface area contributed by atoms with Gasteiger partial charge in [-0.3, -0.25) is 14.7 Å². The van der Waals surface area contributed by atoms with Gasteiger partial charge in [-0.05, 0) is 23.8 Å². The van der Waals surface area contributed by atoms with E-state index in [1.807, 2.05) is 6.07 Å².